The fourth-order valence-corrected chi connectivity index (χ4v) is 2.24. The number of ether oxygens (including phenoxy) is 1. The highest BCUT2D eigenvalue weighted by molar-refractivity contribution is 5.89. The van der Waals surface area contributed by atoms with Gasteiger partial charge in [-0.1, -0.05) is 6.07 Å². The molecule has 0 spiro atoms. The quantitative estimate of drug-likeness (QED) is 0.664. The third-order valence-electron chi connectivity index (χ3n) is 3.02. The molecule has 0 saturated carbocycles. The van der Waals surface area contributed by atoms with Crippen molar-refractivity contribution in [2.75, 3.05) is 18.4 Å². The van der Waals surface area contributed by atoms with Gasteiger partial charge in [0.1, 0.15) is 0 Å². The Morgan fingerprint density at radius 3 is 2.65 bits per heavy atom. The first-order valence-electron chi connectivity index (χ1n) is 6.41. The largest absolute Gasteiger partial charge is 0.372 e. The molecule has 20 heavy (non-hydrogen) atoms. The Hall–Kier alpha value is -2.15. The van der Waals surface area contributed by atoms with Crippen LogP contribution < -0.4 is 5.32 Å². The molecule has 2 rings (SSSR count). The fraction of sp³-hybridized carbons (Fsp3) is 0.462. The van der Waals surface area contributed by atoms with E-state index in [4.69, 9.17) is 4.74 Å². The Bertz CT molecular complexity index is 510. The number of non-ortho nitro benzene ring substituents is 1. The van der Waals surface area contributed by atoms with E-state index in [0.29, 0.717) is 18.8 Å². The number of urea groups is 1. The fourth-order valence-electron chi connectivity index (χ4n) is 2.24. The third kappa shape index (κ3) is 3.45. The molecule has 1 aliphatic rings. The van der Waals surface area contributed by atoms with Gasteiger partial charge in [0.15, 0.2) is 0 Å². The molecule has 0 bridgehead atoms. The van der Waals surface area contributed by atoms with Crippen LogP contribution in [0.2, 0.25) is 0 Å². The van der Waals surface area contributed by atoms with Crippen LogP contribution in [0.4, 0.5) is 16.2 Å². The van der Waals surface area contributed by atoms with Crippen LogP contribution in [0.25, 0.3) is 0 Å². The number of nitrogens with one attached hydrogen (secondary N) is 1. The van der Waals surface area contributed by atoms with Crippen LogP contribution in [0.3, 0.4) is 0 Å². The molecule has 108 valence electrons. The maximum atomic E-state index is 12.1. The van der Waals surface area contributed by atoms with Crippen molar-refractivity contribution in [2.45, 2.75) is 26.1 Å². The summed E-state index contributed by atoms with van der Waals surface area (Å²) in [5.74, 6) is 0. The topological polar surface area (TPSA) is 84.7 Å². The van der Waals surface area contributed by atoms with Crippen LogP contribution in [-0.2, 0) is 4.74 Å². The minimum atomic E-state index is -0.492. The summed E-state index contributed by atoms with van der Waals surface area (Å²) >= 11 is 0. The molecule has 1 aromatic rings. The van der Waals surface area contributed by atoms with E-state index in [1.165, 1.54) is 18.2 Å². The number of carbonyl (C=O) groups is 1. The molecule has 2 unspecified atom stereocenters. The van der Waals surface area contributed by atoms with E-state index in [9.17, 15) is 14.9 Å². The summed E-state index contributed by atoms with van der Waals surface area (Å²) < 4.78 is 5.56. The Kier molecular flexibility index (Phi) is 4.19. The smallest absolute Gasteiger partial charge is 0.322 e. The Morgan fingerprint density at radius 1 is 1.40 bits per heavy atom. The molecule has 1 saturated heterocycles. The van der Waals surface area contributed by atoms with Gasteiger partial charge in [-0.15, -0.1) is 0 Å². The summed E-state index contributed by atoms with van der Waals surface area (Å²) in [5, 5.41) is 13.4. The van der Waals surface area contributed by atoms with Crippen molar-refractivity contribution in [2.24, 2.45) is 0 Å². The molecule has 2 amide bonds. The van der Waals surface area contributed by atoms with Gasteiger partial charge in [0.25, 0.3) is 5.69 Å². The zero-order valence-corrected chi connectivity index (χ0v) is 11.4. The number of hydrogen-bond acceptors (Lipinski definition) is 4. The summed E-state index contributed by atoms with van der Waals surface area (Å²) in [7, 11) is 0. The van der Waals surface area contributed by atoms with E-state index in [0.717, 1.165) is 0 Å². The maximum absolute atomic E-state index is 12.1. The minimum Gasteiger partial charge on any atom is -0.372 e. The molecule has 7 nitrogen and oxygen atoms in total. The highest BCUT2D eigenvalue weighted by atomic mass is 16.6. The molecule has 1 fully saturated rings. The maximum Gasteiger partial charge on any atom is 0.322 e. The first kappa shape index (κ1) is 14.3. The van der Waals surface area contributed by atoms with Gasteiger partial charge in [0.05, 0.1) is 17.1 Å². The number of benzene rings is 1. The van der Waals surface area contributed by atoms with Crippen molar-refractivity contribution in [1.29, 1.82) is 0 Å². The van der Waals surface area contributed by atoms with Crippen molar-refractivity contribution in [3.05, 3.63) is 34.4 Å². The standard InChI is InChI=1S/C13H17N3O4/c1-9-7-15(8-10(2)20-9)13(17)14-11-4-3-5-12(6-11)16(18)19/h3-6,9-10H,7-8H2,1-2H3,(H,14,17). The Balaban J connectivity index is 2.04. The van der Waals surface area contributed by atoms with Crippen molar-refractivity contribution < 1.29 is 14.5 Å². The van der Waals surface area contributed by atoms with Gasteiger partial charge in [0, 0.05) is 30.9 Å². The summed E-state index contributed by atoms with van der Waals surface area (Å²) in [6.07, 6.45) is -0.0378. The molecular formula is C13H17N3O4. The molecule has 2 atom stereocenters. The normalized spacial score (nSPS) is 22.4. The summed E-state index contributed by atoms with van der Waals surface area (Å²) in [5.41, 5.74) is 0.363. The molecule has 1 aromatic carbocycles. The van der Waals surface area contributed by atoms with E-state index in [2.05, 4.69) is 5.32 Å². The average Bonchev–Trinajstić information content (AvgIpc) is 2.37. The number of amides is 2. The van der Waals surface area contributed by atoms with Crippen LogP contribution in [0, 0.1) is 10.1 Å². The monoisotopic (exact) mass is 279 g/mol. The number of rotatable bonds is 2. The number of nitro benzene ring substituents is 1. The molecule has 0 aromatic heterocycles. The van der Waals surface area contributed by atoms with Crippen LogP contribution in [0.1, 0.15) is 13.8 Å². The molecule has 1 aliphatic heterocycles. The van der Waals surface area contributed by atoms with Crippen LogP contribution in [0.5, 0.6) is 0 Å². The Morgan fingerprint density at radius 2 is 2.05 bits per heavy atom. The van der Waals surface area contributed by atoms with Gasteiger partial charge in [-0.25, -0.2) is 4.79 Å². The van der Waals surface area contributed by atoms with Crippen LogP contribution in [0.15, 0.2) is 24.3 Å². The molecule has 0 aliphatic carbocycles. The summed E-state index contributed by atoms with van der Waals surface area (Å²) in [6, 6.07) is 5.61. The van der Waals surface area contributed by atoms with E-state index in [-0.39, 0.29) is 23.9 Å². The average molecular weight is 279 g/mol. The first-order valence-corrected chi connectivity index (χ1v) is 6.41. The van der Waals surface area contributed by atoms with E-state index >= 15 is 0 Å². The molecule has 1 N–H and O–H groups in total. The van der Waals surface area contributed by atoms with Gasteiger partial charge in [-0.3, -0.25) is 10.1 Å². The van der Waals surface area contributed by atoms with Crippen molar-refractivity contribution in [3.8, 4) is 0 Å². The lowest BCUT2D eigenvalue weighted by molar-refractivity contribution is -0.384. The van der Waals surface area contributed by atoms with Crippen molar-refractivity contribution in [1.82, 2.24) is 4.90 Å². The highest BCUT2D eigenvalue weighted by Gasteiger charge is 2.26. The van der Waals surface area contributed by atoms with Crippen LogP contribution in [-0.4, -0.2) is 41.2 Å². The number of nitrogens with zero attached hydrogens (tertiary/aromatic N) is 2. The van der Waals surface area contributed by atoms with E-state index in [1.807, 2.05) is 13.8 Å². The molecule has 1 heterocycles. The predicted octanol–water partition coefficient (Wildman–Crippen LogP) is 2.24. The zero-order chi connectivity index (χ0) is 14.7. The lowest BCUT2D eigenvalue weighted by atomic mass is 10.2. The summed E-state index contributed by atoms with van der Waals surface area (Å²) in [6.45, 7) is 4.82. The van der Waals surface area contributed by atoms with Crippen molar-refractivity contribution >= 4 is 17.4 Å². The van der Waals surface area contributed by atoms with Crippen molar-refractivity contribution in [3.63, 3.8) is 0 Å². The van der Waals surface area contributed by atoms with E-state index in [1.54, 1.807) is 11.0 Å². The number of nitro groups is 1. The third-order valence-corrected chi connectivity index (χ3v) is 3.02. The number of morpholine rings is 1. The van der Waals surface area contributed by atoms with E-state index < -0.39 is 4.92 Å². The lowest BCUT2D eigenvalue weighted by Gasteiger charge is -2.35. The predicted molar refractivity (Wildman–Crippen MR) is 73.7 cm³/mol. The second-order valence-corrected chi connectivity index (χ2v) is 4.90. The molecule has 7 heteroatoms. The number of carbonyl (C=O) groups excluding carboxylic acids is 1. The lowest BCUT2D eigenvalue weighted by Crippen LogP contribution is -2.49. The number of hydrogen-bond donors (Lipinski definition) is 1. The zero-order valence-electron chi connectivity index (χ0n) is 11.4. The van der Waals surface area contributed by atoms with Gasteiger partial charge in [-0.05, 0) is 19.9 Å². The second kappa shape index (κ2) is 5.87. The minimum absolute atomic E-state index is 0.0189. The first-order chi connectivity index (χ1) is 9.45. The van der Waals surface area contributed by atoms with Gasteiger partial charge in [-0.2, -0.15) is 0 Å². The van der Waals surface area contributed by atoms with Gasteiger partial charge < -0.3 is 15.0 Å². The SMILES string of the molecule is CC1CN(C(=O)Nc2cccc([N+](=O)[O-])c2)CC(C)O1. The number of anilines is 1. The van der Waals surface area contributed by atoms with Gasteiger partial charge >= 0.3 is 6.03 Å². The Labute approximate surface area is 116 Å². The van der Waals surface area contributed by atoms with Gasteiger partial charge in [0.2, 0.25) is 0 Å². The highest BCUT2D eigenvalue weighted by Crippen LogP contribution is 2.18. The molecule has 0 radical (unpaired) electrons. The van der Waals surface area contributed by atoms with Crippen LogP contribution >= 0.6 is 0 Å². The molecular weight excluding hydrogens is 262 g/mol. The second-order valence-electron chi connectivity index (χ2n) is 4.90. The summed E-state index contributed by atoms with van der Waals surface area (Å²) in [4.78, 5) is 24.0.